The van der Waals surface area contributed by atoms with Crippen LogP contribution in [-0.4, -0.2) is 43.7 Å². The van der Waals surface area contributed by atoms with E-state index >= 15 is 0 Å². The van der Waals surface area contributed by atoms with Gasteiger partial charge in [-0.2, -0.15) is 0 Å². The van der Waals surface area contributed by atoms with Crippen molar-refractivity contribution in [2.24, 2.45) is 0 Å². The predicted octanol–water partition coefficient (Wildman–Crippen LogP) is 2.35. The summed E-state index contributed by atoms with van der Waals surface area (Å²) in [5.74, 6) is 0.906. The van der Waals surface area contributed by atoms with Gasteiger partial charge in [-0.3, -0.25) is 4.79 Å². The summed E-state index contributed by atoms with van der Waals surface area (Å²) in [5, 5.41) is 0. The van der Waals surface area contributed by atoms with Crippen LogP contribution in [-0.2, 0) is 9.53 Å². The number of morpholine rings is 1. The molecule has 1 fully saturated rings. The van der Waals surface area contributed by atoms with Gasteiger partial charge in [0.1, 0.15) is 5.75 Å². The maximum Gasteiger partial charge on any atom is 0.246 e. The Morgan fingerprint density at radius 3 is 2.65 bits per heavy atom. The zero-order valence-corrected chi connectivity index (χ0v) is 11.9. The molecule has 0 radical (unpaired) electrons. The Morgan fingerprint density at radius 1 is 1.30 bits per heavy atom. The second kappa shape index (κ2) is 7.70. The van der Waals surface area contributed by atoms with Crippen molar-refractivity contribution in [3.8, 4) is 5.75 Å². The van der Waals surface area contributed by atoms with Gasteiger partial charge in [0.2, 0.25) is 5.91 Å². The van der Waals surface area contributed by atoms with Crippen molar-refractivity contribution in [1.82, 2.24) is 4.90 Å². The lowest BCUT2D eigenvalue weighted by Crippen LogP contribution is -2.39. The van der Waals surface area contributed by atoms with Gasteiger partial charge in [-0.25, -0.2) is 0 Å². The molecule has 0 unspecified atom stereocenters. The van der Waals surface area contributed by atoms with E-state index in [-0.39, 0.29) is 5.91 Å². The van der Waals surface area contributed by atoms with Gasteiger partial charge in [-0.15, -0.1) is 0 Å². The molecule has 0 bridgehead atoms. The highest BCUT2D eigenvalue weighted by Gasteiger charge is 2.13. The summed E-state index contributed by atoms with van der Waals surface area (Å²) < 4.78 is 10.7. The summed E-state index contributed by atoms with van der Waals surface area (Å²) in [5.41, 5.74) is 0.996. The Balaban J connectivity index is 1.88. The van der Waals surface area contributed by atoms with E-state index in [4.69, 9.17) is 9.47 Å². The fourth-order valence-corrected chi connectivity index (χ4v) is 1.95. The topological polar surface area (TPSA) is 38.8 Å². The van der Waals surface area contributed by atoms with E-state index in [1.807, 2.05) is 30.3 Å². The van der Waals surface area contributed by atoms with Crippen LogP contribution in [0.3, 0.4) is 0 Å². The van der Waals surface area contributed by atoms with Gasteiger partial charge in [0, 0.05) is 19.2 Å². The van der Waals surface area contributed by atoms with Crippen LogP contribution in [0.5, 0.6) is 5.75 Å². The van der Waals surface area contributed by atoms with Crippen LogP contribution < -0.4 is 4.74 Å². The molecule has 0 spiro atoms. The number of nitrogens with zero attached hydrogens (tertiary/aromatic N) is 1. The molecule has 4 nitrogen and oxygen atoms in total. The highest BCUT2D eigenvalue weighted by Crippen LogP contribution is 2.13. The number of benzene rings is 1. The smallest absolute Gasteiger partial charge is 0.246 e. The van der Waals surface area contributed by atoms with Crippen LogP contribution in [0.4, 0.5) is 0 Å². The highest BCUT2D eigenvalue weighted by molar-refractivity contribution is 5.91. The first-order chi connectivity index (χ1) is 9.79. The Morgan fingerprint density at radius 2 is 2.00 bits per heavy atom. The molecule has 0 N–H and O–H groups in total. The van der Waals surface area contributed by atoms with Gasteiger partial charge in [0.25, 0.3) is 0 Å². The number of hydrogen-bond donors (Lipinski definition) is 0. The summed E-state index contributed by atoms with van der Waals surface area (Å²) in [6, 6.07) is 7.76. The Bertz CT molecular complexity index is 447. The fraction of sp³-hybridized carbons (Fsp3) is 0.438. The monoisotopic (exact) mass is 275 g/mol. The first-order valence-corrected chi connectivity index (χ1v) is 7.07. The lowest BCUT2D eigenvalue weighted by Gasteiger charge is -2.25. The molecule has 0 aliphatic carbocycles. The number of hydrogen-bond acceptors (Lipinski definition) is 3. The molecule has 0 saturated carbocycles. The SMILES string of the molecule is CCCOc1ccc(/C=C/C(=O)N2CCOCC2)cc1. The third-order valence-electron chi connectivity index (χ3n) is 3.09. The molecule has 1 aromatic rings. The van der Waals surface area contributed by atoms with Gasteiger partial charge in [-0.1, -0.05) is 19.1 Å². The molecule has 4 heteroatoms. The largest absolute Gasteiger partial charge is 0.494 e. The molecule has 0 atom stereocenters. The maximum absolute atomic E-state index is 11.9. The average molecular weight is 275 g/mol. The third-order valence-corrected chi connectivity index (χ3v) is 3.09. The Labute approximate surface area is 120 Å². The van der Waals surface area contributed by atoms with Crippen molar-refractivity contribution >= 4 is 12.0 Å². The highest BCUT2D eigenvalue weighted by atomic mass is 16.5. The van der Waals surface area contributed by atoms with Crippen LogP contribution in [0.25, 0.3) is 6.08 Å². The van der Waals surface area contributed by atoms with Crippen LogP contribution >= 0.6 is 0 Å². The molecule has 2 rings (SSSR count). The minimum Gasteiger partial charge on any atom is -0.494 e. The first kappa shape index (κ1) is 14.6. The lowest BCUT2D eigenvalue weighted by molar-refractivity contribution is -0.129. The molecular weight excluding hydrogens is 254 g/mol. The second-order valence-electron chi connectivity index (χ2n) is 4.69. The van der Waals surface area contributed by atoms with Crippen molar-refractivity contribution in [2.45, 2.75) is 13.3 Å². The van der Waals surface area contributed by atoms with Crippen molar-refractivity contribution in [3.05, 3.63) is 35.9 Å². The van der Waals surface area contributed by atoms with Gasteiger partial charge in [0.05, 0.1) is 19.8 Å². The molecule has 1 aromatic carbocycles. The minimum absolute atomic E-state index is 0.0413. The quantitative estimate of drug-likeness (QED) is 0.774. The lowest BCUT2D eigenvalue weighted by atomic mass is 10.2. The van der Waals surface area contributed by atoms with Gasteiger partial charge < -0.3 is 14.4 Å². The van der Waals surface area contributed by atoms with E-state index in [9.17, 15) is 4.79 Å². The molecule has 20 heavy (non-hydrogen) atoms. The molecule has 1 saturated heterocycles. The van der Waals surface area contributed by atoms with Crippen molar-refractivity contribution in [3.63, 3.8) is 0 Å². The van der Waals surface area contributed by atoms with E-state index in [1.165, 1.54) is 0 Å². The van der Waals surface area contributed by atoms with Crippen LogP contribution in [0.2, 0.25) is 0 Å². The number of rotatable bonds is 5. The van der Waals surface area contributed by atoms with Crippen molar-refractivity contribution in [1.29, 1.82) is 0 Å². The average Bonchev–Trinajstić information content (AvgIpc) is 2.52. The van der Waals surface area contributed by atoms with E-state index in [0.29, 0.717) is 26.3 Å². The first-order valence-electron chi connectivity index (χ1n) is 7.07. The molecule has 1 heterocycles. The minimum atomic E-state index is 0.0413. The molecule has 1 aliphatic heterocycles. The summed E-state index contributed by atoms with van der Waals surface area (Å²) >= 11 is 0. The van der Waals surface area contributed by atoms with Crippen molar-refractivity contribution < 1.29 is 14.3 Å². The van der Waals surface area contributed by atoms with Gasteiger partial charge >= 0.3 is 0 Å². The number of carbonyl (C=O) groups is 1. The summed E-state index contributed by atoms with van der Waals surface area (Å²) in [6.07, 6.45) is 4.45. The zero-order valence-electron chi connectivity index (χ0n) is 11.9. The molecule has 108 valence electrons. The molecular formula is C16H21NO3. The number of carbonyl (C=O) groups excluding carboxylic acids is 1. The third kappa shape index (κ3) is 4.38. The maximum atomic E-state index is 11.9. The fourth-order valence-electron chi connectivity index (χ4n) is 1.95. The summed E-state index contributed by atoms with van der Waals surface area (Å²) in [4.78, 5) is 13.7. The predicted molar refractivity (Wildman–Crippen MR) is 78.7 cm³/mol. The zero-order chi connectivity index (χ0) is 14.2. The molecule has 0 aromatic heterocycles. The standard InChI is InChI=1S/C16H21NO3/c1-2-11-20-15-6-3-14(4-7-15)5-8-16(18)17-9-12-19-13-10-17/h3-8H,2,9-13H2,1H3/b8-5+. The normalized spacial score (nSPS) is 15.6. The Hall–Kier alpha value is -1.81. The Kier molecular flexibility index (Phi) is 5.62. The van der Waals surface area contributed by atoms with Crippen LogP contribution in [0.1, 0.15) is 18.9 Å². The molecule has 1 aliphatic rings. The number of amides is 1. The second-order valence-corrected chi connectivity index (χ2v) is 4.69. The number of ether oxygens (including phenoxy) is 2. The summed E-state index contributed by atoms with van der Waals surface area (Å²) in [6.45, 7) is 5.41. The van der Waals surface area contributed by atoms with Crippen molar-refractivity contribution in [2.75, 3.05) is 32.9 Å². The van der Waals surface area contributed by atoms with Crippen LogP contribution in [0, 0.1) is 0 Å². The van der Waals surface area contributed by atoms with Crippen LogP contribution in [0.15, 0.2) is 30.3 Å². The van der Waals surface area contributed by atoms with E-state index in [0.717, 1.165) is 24.3 Å². The van der Waals surface area contributed by atoms with Gasteiger partial charge in [0.15, 0.2) is 0 Å². The van der Waals surface area contributed by atoms with E-state index in [1.54, 1.807) is 11.0 Å². The summed E-state index contributed by atoms with van der Waals surface area (Å²) in [7, 11) is 0. The van der Waals surface area contributed by atoms with E-state index < -0.39 is 0 Å². The van der Waals surface area contributed by atoms with E-state index in [2.05, 4.69) is 6.92 Å². The molecule has 1 amide bonds. The van der Waals surface area contributed by atoms with Gasteiger partial charge in [-0.05, 0) is 30.2 Å².